The average molecular weight is 362 g/mol. The molecule has 1 saturated heterocycles. The van der Waals surface area contributed by atoms with Gasteiger partial charge in [0.1, 0.15) is 5.69 Å². The molecular formula is C18H20ClN3O3. The maximum atomic E-state index is 12.7. The van der Waals surface area contributed by atoms with E-state index >= 15 is 0 Å². The van der Waals surface area contributed by atoms with Gasteiger partial charge in [-0.2, -0.15) is 5.10 Å². The molecule has 0 bridgehead atoms. The van der Waals surface area contributed by atoms with Gasteiger partial charge in [-0.1, -0.05) is 29.8 Å². The van der Waals surface area contributed by atoms with Crippen LogP contribution in [0.1, 0.15) is 36.2 Å². The molecule has 132 valence electrons. The summed E-state index contributed by atoms with van der Waals surface area (Å²) in [5, 5.41) is 16.4. The Bertz CT molecular complexity index is 774. The minimum absolute atomic E-state index is 0.106. The number of likely N-dealkylation sites (tertiary alicyclic amines) is 1. The molecule has 0 radical (unpaired) electrons. The van der Waals surface area contributed by atoms with Gasteiger partial charge < -0.3 is 10.0 Å². The molecule has 1 aromatic heterocycles. The summed E-state index contributed by atoms with van der Waals surface area (Å²) in [5.41, 5.74) is 1.83. The Hall–Kier alpha value is -2.34. The lowest BCUT2D eigenvalue weighted by Crippen LogP contribution is -2.40. The van der Waals surface area contributed by atoms with E-state index in [-0.39, 0.29) is 18.2 Å². The van der Waals surface area contributed by atoms with Gasteiger partial charge in [0, 0.05) is 25.1 Å². The van der Waals surface area contributed by atoms with E-state index in [2.05, 4.69) is 10.2 Å². The molecule has 1 atom stereocenters. The number of benzene rings is 1. The van der Waals surface area contributed by atoms with Gasteiger partial charge >= 0.3 is 5.97 Å². The second-order valence-corrected chi connectivity index (χ2v) is 6.75. The highest BCUT2D eigenvalue weighted by Crippen LogP contribution is 2.27. The van der Waals surface area contributed by atoms with Crippen LogP contribution in [0.2, 0.25) is 5.02 Å². The maximum absolute atomic E-state index is 12.7. The fraction of sp³-hybridized carbons (Fsp3) is 0.389. The van der Waals surface area contributed by atoms with Crippen molar-refractivity contribution >= 4 is 23.5 Å². The Morgan fingerprint density at radius 2 is 2.16 bits per heavy atom. The number of carboxylic acid groups (broad SMARTS) is 1. The minimum Gasteiger partial charge on any atom is -0.481 e. The minimum atomic E-state index is -0.790. The van der Waals surface area contributed by atoms with E-state index in [1.54, 1.807) is 17.0 Å². The highest BCUT2D eigenvalue weighted by atomic mass is 35.5. The standard InChI is InChI=1S/C18H20ClN3O3/c19-14-6-2-1-5-13(14)15-10-16(21-20-15)18(25)22-9-3-4-12(11-22)7-8-17(23)24/h1-2,5-6,10,12H,3-4,7-9,11H2,(H,20,21)(H,23,24)/t12-/m0/s1. The Kier molecular flexibility index (Phi) is 5.38. The summed E-state index contributed by atoms with van der Waals surface area (Å²) in [6, 6.07) is 9.06. The third kappa shape index (κ3) is 4.20. The van der Waals surface area contributed by atoms with Crippen molar-refractivity contribution in [3.63, 3.8) is 0 Å². The topological polar surface area (TPSA) is 86.3 Å². The van der Waals surface area contributed by atoms with Gasteiger partial charge in [-0.05, 0) is 37.3 Å². The van der Waals surface area contributed by atoms with Crippen molar-refractivity contribution in [2.24, 2.45) is 5.92 Å². The van der Waals surface area contributed by atoms with E-state index in [9.17, 15) is 9.59 Å². The van der Waals surface area contributed by atoms with Crippen LogP contribution in [0.5, 0.6) is 0 Å². The van der Waals surface area contributed by atoms with Crippen molar-refractivity contribution in [3.8, 4) is 11.3 Å². The maximum Gasteiger partial charge on any atom is 0.303 e. The number of aromatic amines is 1. The number of amides is 1. The van der Waals surface area contributed by atoms with Crippen molar-refractivity contribution in [1.82, 2.24) is 15.1 Å². The first-order valence-corrected chi connectivity index (χ1v) is 8.74. The van der Waals surface area contributed by atoms with Gasteiger partial charge in [0.05, 0.1) is 10.7 Å². The van der Waals surface area contributed by atoms with Crippen LogP contribution in [0, 0.1) is 5.92 Å². The Morgan fingerprint density at radius 1 is 1.36 bits per heavy atom. The number of carbonyl (C=O) groups is 2. The lowest BCUT2D eigenvalue weighted by Gasteiger charge is -2.32. The molecule has 0 saturated carbocycles. The number of H-pyrrole nitrogens is 1. The fourth-order valence-corrected chi connectivity index (χ4v) is 3.45. The molecule has 1 aliphatic rings. The summed E-state index contributed by atoms with van der Waals surface area (Å²) in [7, 11) is 0. The van der Waals surface area contributed by atoms with Gasteiger partial charge in [0.2, 0.25) is 0 Å². The largest absolute Gasteiger partial charge is 0.481 e. The normalized spacial score (nSPS) is 17.5. The number of carboxylic acids is 1. The molecule has 6 nitrogen and oxygen atoms in total. The SMILES string of the molecule is O=C(O)CC[C@@H]1CCCN(C(=O)c2cc(-c3ccccc3Cl)n[nH]2)C1. The van der Waals surface area contributed by atoms with E-state index < -0.39 is 5.97 Å². The third-order valence-electron chi connectivity index (χ3n) is 4.53. The number of piperidine rings is 1. The first-order chi connectivity index (χ1) is 12.0. The number of aromatic nitrogens is 2. The summed E-state index contributed by atoms with van der Waals surface area (Å²) in [6.07, 6.45) is 2.60. The fourth-order valence-electron chi connectivity index (χ4n) is 3.22. The Balaban J connectivity index is 1.69. The van der Waals surface area contributed by atoms with Crippen LogP contribution in [0.3, 0.4) is 0 Å². The third-order valence-corrected chi connectivity index (χ3v) is 4.86. The first kappa shape index (κ1) is 17.5. The molecule has 1 aromatic carbocycles. The average Bonchev–Trinajstić information content (AvgIpc) is 3.10. The lowest BCUT2D eigenvalue weighted by molar-refractivity contribution is -0.137. The van der Waals surface area contributed by atoms with Crippen LogP contribution in [0.25, 0.3) is 11.3 Å². The quantitative estimate of drug-likeness (QED) is 0.854. The zero-order valence-electron chi connectivity index (χ0n) is 13.7. The number of halogens is 1. The summed E-state index contributed by atoms with van der Waals surface area (Å²) in [4.78, 5) is 25.2. The Morgan fingerprint density at radius 3 is 2.92 bits per heavy atom. The summed E-state index contributed by atoms with van der Waals surface area (Å²) in [5.74, 6) is -0.660. The summed E-state index contributed by atoms with van der Waals surface area (Å²) in [6.45, 7) is 1.27. The summed E-state index contributed by atoms with van der Waals surface area (Å²) >= 11 is 6.18. The van der Waals surface area contributed by atoms with Crippen LogP contribution in [-0.2, 0) is 4.79 Å². The molecule has 2 aromatic rings. The van der Waals surface area contributed by atoms with Gasteiger partial charge in [0.15, 0.2) is 0 Å². The molecule has 1 amide bonds. The highest BCUT2D eigenvalue weighted by Gasteiger charge is 2.26. The highest BCUT2D eigenvalue weighted by molar-refractivity contribution is 6.33. The Labute approximate surface area is 150 Å². The van der Waals surface area contributed by atoms with E-state index in [4.69, 9.17) is 16.7 Å². The zero-order valence-corrected chi connectivity index (χ0v) is 14.5. The zero-order chi connectivity index (χ0) is 17.8. The molecule has 0 unspecified atom stereocenters. The molecule has 1 fully saturated rings. The predicted molar refractivity (Wildman–Crippen MR) is 94.5 cm³/mol. The molecule has 0 aliphatic carbocycles. The number of carbonyl (C=O) groups excluding carboxylic acids is 1. The number of aliphatic carboxylic acids is 1. The predicted octanol–water partition coefficient (Wildman–Crippen LogP) is 3.45. The van der Waals surface area contributed by atoms with Crippen molar-refractivity contribution < 1.29 is 14.7 Å². The van der Waals surface area contributed by atoms with Gasteiger partial charge in [-0.3, -0.25) is 14.7 Å². The molecule has 2 N–H and O–H groups in total. The van der Waals surface area contributed by atoms with Crippen LogP contribution in [0.4, 0.5) is 0 Å². The monoisotopic (exact) mass is 361 g/mol. The molecule has 3 rings (SSSR count). The smallest absolute Gasteiger partial charge is 0.303 e. The van der Waals surface area contributed by atoms with E-state index in [0.29, 0.717) is 35.9 Å². The van der Waals surface area contributed by atoms with E-state index in [1.165, 1.54) is 0 Å². The van der Waals surface area contributed by atoms with Crippen molar-refractivity contribution in [2.45, 2.75) is 25.7 Å². The number of hydrogen-bond donors (Lipinski definition) is 2. The van der Waals surface area contributed by atoms with Gasteiger partial charge in [-0.25, -0.2) is 0 Å². The van der Waals surface area contributed by atoms with E-state index in [1.807, 2.05) is 18.2 Å². The molecule has 2 heterocycles. The molecule has 25 heavy (non-hydrogen) atoms. The van der Waals surface area contributed by atoms with Crippen LogP contribution >= 0.6 is 11.6 Å². The second-order valence-electron chi connectivity index (χ2n) is 6.34. The van der Waals surface area contributed by atoms with Crippen LogP contribution in [-0.4, -0.2) is 45.2 Å². The van der Waals surface area contributed by atoms with Crippen LogP contribution < -0.4 is 0 Å². The molecule has 1 aliphatic heterocycles. The van der Waals surface area contributed by atoms with Gasteiger partial charge in [-0.15, -0.1) is 0 Å². The molecule has 0 spiro atoms. The second kappa shape index (κ2) is 7.70. The first-order valence-electron chi connectivity index (χ1n) is 8.36. The number of nitrogens with zero attached hydrogens (tertiary/aromatic N) is 2. The number of hydrogen-bond acceptors (Lipinski definition) is 3. The van der Waals surface area contributed by atoms with Crippen LogP contribution in [0.15, 0.2) is 30.3 Å². The summed E-state index contributed by atoms with van der Waals surface area (Å²) < 4.78 is 0. The molecule has 7 heteroatoms. The van der Waals surface area contributed by atoms with Gasteiger partial charge in [0.25, 0.3) is 5.91 Å². The van der Waals surface area contributed by atoms with E-state index in [0.717, 1.165) is 18.4 Å². The van der Waals surface area contributed by atoms with Crippen molar-refractivity contribution in [3.05, 3.63) is 41.0 Å². The molecular weight excluding hydrogens is 342 g/mol. The number of rotatable bonds is 5. The lowest BCUT2D eigenvalue weighted by atomic mass is 9.93. The number of nitrogens with one attached hydrogen (secondary N) is 1. The van der Waals surface area contributed by atoms with Crippen molar-refractivity contribution in [1.29, 1.82) is 0 Å². The van der Waals surface area contributed by atoms with Crippen molar-refractivity contribution in [2.75, 3.05) is 13.1 Å².